The summed E-state index contributed by atoms with van der Waals surface area (Å²) in [6.45, 7) is 2.48. The van der Waals surface area contributed by atoms with Crippen LogP contribution in [0.25, 0.3) is 0 Å². The summed E-state index contributed by atoms with van der Waals surface area (Å²) in [6, 6.07) is -1.56. The van der Waals surface area contributed by atoms with Crippen molar-refractivity contribution in [1.29, 1.82) is 0 Å². The number of aliphatic hydroxyl groups is 1. The predicted octanol–water partition coefficient (Wildman–Crippen LogP) is 10.8. The quantitative estimate of drug-likeness (QED) is 0.0203. The van der Waals surface area contributed by atoms with Crippen LogP contribution in [0.2, 0.25) is 0 Å². The van der Waals surface area contributed by atoms with Gasteiger partial charge in [-0.3, -0.25) is 18.6 Å². The molecule has 56 heavy (non-hydrogen) atoms. The topological polar surface area (TPSA) is 169 Å². The van der Waals surface area contributed by atoms with Crippen LogP contribution in [-0.2, 0) is 32.7 Å². The lowest BCUT2D eigenvalue weighted by Gasteiger charge is -2.18. The molecule has 0 saturated heterocycles. The molecule has 12 heteroatoms. The smallest absolute Gasteiger partial charge is 0.472 e. The van der Waals surface area contributed by atoms with Crippen molar-refractivity contribution in [2.75, 3.05) is 19.8 Å². The molecule has 0 aliphatic rings. The number of aliphatic carboxylic acids is 1. The Labute approximate surface area is 338 Å². The Bertz CT molecular complexity index is 1180. The van der Waals surface area contributed by atoms with Gasteiger partial charge in [0.15, 0.2) is 6.04 Å². The summed E-state index contributed by atoms with van der Waals surface area (Å²) in [5.74, 6) is -2.45. The fourth-order valence-electron chi connectivity index (χ4n) is 5.42. The van der Waals surface area contributed by atoms with Crippen LogP contribution in [-0.4, -0.2) is 64.9 Å². The van der Waals surface area contributed by atoms with E-state index in [0.717, 1.165) is 64.2 Å². The van der Waals surface area contributed by atoms with Crippen LogP contribution in [0.5, 0.6) is 0 Å². The number of phosphoric ester groups is 1. The molecule has 0 rings (SSSR count). The van der Waals surface area contributed by atoms with E-state index < -0.39 is 57.6 Å². The number of carboxylic acids is 1. The lowest BCUT2D eigenvalue weighted by Crippen LogP contribution is -2.43. The van der Waals surface area contributed by atoms with Gasteiger partial charge in [-0.2, -0.15) is 0 Å². The maximum Gasteiger partial charge on any atom is 0.472 e. The molecule has 0 bridgehead atoms. The molecule has 4 N–H and O–H groups in total. The fraction of sp³-hybridized carbons (Fsp3) is 0.705. The number of hydrogen-bond acceptors (Lipinski definition) is 8. The lowest BCUT2D eigenvalue weighted by molar-refractivity contribution is -0.147. The molecule has 0 aliphatic heterocycles. The molecule has 0 heterocycles. The number of carbonyl (C=O) groups is 3. The number of allylic oxidation sites excluding steroid dienone is 10. The molecule has 0 aromatic heterocycles. The predicted molar refractivity (Wildman–Crippen MR) is 226 cm³/mol. The van der Waals surface area contributed by atoms with Gasteiger partial charge >= 0.3 is 19.8 Å². The van der Waals surface area contributed by atoms with Crippen LogP contribution in [0.15, 0.2) is 60.8 Å². The summed E-state index contributed by atoms with van der Waals surface area (Å²) < 4.78 is 26.7. The normalized spacial score (nSPS) is 14.4. The van der Waals surface area contributed by atoms with Crippen molar-refractivity contribution in [1.82, 2.24) is 5.32 Å². The van der Waals surface area contributed by atoms with Gasteiger partial charge in [-0.15, -0.1) is 0 Å². The molecule has 0 fully saturated rings. The third-order valence-corrected chi connectivity index (χ3v) is 9.73. The third kappa shape index (κ3) is 38.1. The van der Waals surface area contributed by atoms with Crippen LogP contribution in [0.1, 0.15) is 168 Å². The van der Waals surface area contributed by atoms with Crippen LogP contribution < -0.4 is 5.32 Å². The summed E-state index contributed by atoms with van der Waals surface area (Å²) in [7, 11) is -4.77. The highest BCUT2D eigenvalue weighted by molar-refractivity contribution is 7.47. The molecule has 11 nitrogen and oxygen atoms in total. The number of aliphatic hydroxyl groups excluding tert-OH is 1. The zero-order valence-corrected chi connectivity index (χ0v) is 35.6. The van der Waals surface area contributed by atoms with E-state index in [2.05, 4.69) is 67.8 Å². The molecule has 1 amide bonds. The Balaban J connectivity index is 4.01. The first-order valence-corrected chi connectivity index (χ1v) is 22.8. The van der Waals surface area contributed by atoms with E-state index in [9.17, 15) is 34.1 Å². The number of carbonyl (C=O) groups excluding carboxylic acids is 2. The largest absolute Gasteiger partial charge is 0.480 e. The molecular weight excluding hydrogens is 733 g/mol. The molecule has 0 spiro atoms. The average molecular weight is 810 g/mol. The standard InChI is InChI=1S/C44H76NO10P/c1-3-5-7-9-11-13-15-17-19-20-22-24-26-28-30-32-34-36-43(48)53-37-40(46)38-54-56(51,52)55-39-41(44(49)50)45-42(47)35-33-31-29-27-25-23-21-18-16-14-12-10-8-6-4-2/h11,13,17-19,21-22,24,28,30,40-41,46H,3-10,12,14-16,20,23,25-27,29,31-39H2,1-2H3,(H,45,47)(H,49,50)(H,51,52)/b13-11-,19-17-,21-18-,24-22-,30-28-. The Morgan fingerprint density at radius 1 is 0.571 bits per heavy atom. The zero-order chi connectivity index (χ0) is 41.4. The first kappa shape index (κ1) is 53.2. The molecule has 0 radical (unpaired) electrons. The molecular formula is C44H76NO10P. The summed E-state index contributed by atoms with van der Waals surface area (Å²) >= 11 is 0. The van der Waals surface area contributed by atoms with Crippen molar-refractivity contribution >= 4 is 25.7 Å². The van der Waals surface area contributed by atoms with Crippen LogP contribution >= 0.6 is 7.82 Å². The number of rotatable bonds is 39. The second kappa shape index (κ2) is 39.0. The second-order valence-corrected chi connectivity index (χ2v) is 15.6. The Morgan fingerprint density at radius 2 is 1.00 bits per heavy atom. The maximum atomic E-state index is 12.3. The number of esters is 1. The summed E-state index contributed by atoms with van der Waals surface area (Å²) in [4.78, 5) is 45.8. The van der Waals surface area contributed by atoms with Crippen molar-refractivity contribution in [2.45, 2.75) is 180 Å². The van der Waals surface area contributed by atoms with Crippen LogP contribution in [0, 0.1) is 0 Å². The van der Waals surface area contributed by atoms with Crippen molar-refractivity contribution in [3.8, 4) is 0 Å². The average Bonchev–Trinajstić information content (AvgIpc) is 3.17. The van der Waals surface area contributed by atoms with Crippen molar-refractivity contribution < 1.29 is 47.8 Å². The van der Waals surface area contributed by atoms with Crippen LogP contribution in [0.4, 0.5) is 0 Å². The number of ether oxygens (including phenoxy) is 1. The highest BCUT2D eigenvalue weighted by Crippen LogP contribution is 2.43. The van der Waals surface area contributed by atoms with E-state index in [-0.39, 0.29) is 12.8 Å². The number of nitrogens with one attached hydrogen (secondary N) is 1. The fourth-order valence-corrected chi connectivity index (χ4v) is 6.19. The van der Waals surface area contributed by atoms with E-state index in [0.29, 0.717) is 19.3 Å². The number of hydrogen-bond donors (Lipinski definition) is 4. The van der Waals surface area contributed by atoms with E-state index >= 15 is 0 Å². The first-order valence-electron chi connectivity index (χ1n) is 21.3. The van der Waals surface area contributed by atoms with E-state index in [1.165, 1.54) is 57.8 Å². The summed E-state index contributed by atoms with van der Waals surface area (Å²) in [5.41, 5.74) is 0. The van der Waals surface area contributed by atoms with Crippen molar-refractivity contribution in [3.05, 3.63) is 60.8 Å². The highest BCUT2D eigenvalue weighted by atomic mass is 31.2. The monoisotopic (exact) mass is 810 g/mol. The Morgan fingerprint density at radius 3 is 1.55 bits per heavy atom. The molecule has 322 valence electrons. The van der Waals surface area contributed by atoms with Gasteiger partial charge in [-0.1, -0.05) is 139 Å². The summed E-state index contributed by atoms with van der Waals surface area (Å²) in [5, 5.41) is 21.8. The van der Waals surface area contributed by atoms with Crippen LogP contribution in [0.3, 0.4) is 0 Å². The highest BCUT2D eigenvalue weighted by Gasteiger charge is 2.28. The first-order chi connectivity index (χ1) is 27.1. The SMILES string of the molecule is CCCCC/C=C\C/C=C\C/C=C\C/C=C\CCCC(=O)OCC(O)COP(=O)(O)OCC(NC(=O)CCCCCCC/C=C\CCCCCCCC)C(=O)O. The third-order valence-electron chi connectivity index (χ3n) is 8.78. The lowest BCUT2D eigenvalue weighted by atomic mass is 10.1. The van der Waals surface area contributed by atoms with Gasteiger partial charge in [0.25, 0.3) is 0 Å². The second-order valence-electron chi connectivity index (χ2n) is 14.2. The number of amides is 1. The van der Waals surface area contributed by atoms with Crippen molar-refractivity contribution in [2.24, 2.45) is 0 Å². The van der Waals surface area contributed by atoms with Crippen molar-refractivity contribution in [3.63, 3.8) is 0 Å². The molecule has 0 aromatic rings. The number of carboxylic acid groups (broad SMARTS) is 1. The number of unbranched alkanes of at least 4 members (excludes halogenated alkanes) is 15. The minimum atomic E-state index is -4.77. The molecule has 3 unspecified atom stereocenters. The van der Waals surface area contributed by atoms with E-state index in [1.807, 2.05) is 12.2 Å². The zero-order valence-electron chi connectivity index (χ0n) is 34.7. The summed E-state index contributed by atoms with van der Waals surface area (Å²) in [6.07, 6.45) is 43.9. The van der Waals surface area contributed by atoms with Gasteiger partial charge in [-0.25, -0.2) is 9.36 Å². The Hall–Kier alpha value is -2.82. The molecule has 0 saturated carbocycles. The molecule has 3 atom stereocenters. The van der Waals surface area contributed by atoms with Gasteiger partial charge < -0.3 is 25.2 Å². The van der Waals surface area contributed by atoms with Gasteiger partial charge in [0.2, 0.25) is 5.91 Å². The number of phosphoric acid groups is 1. The molecule has 0 aromatic carbocycles. The Kier molecular flexibility index (Phi) is 37.1. The van der Waals surface area contributed by atoms with Gasteiger partial charge in [-0.05, 0) is 77.0 Å². The van der Waals surface area contributed by atoms with Gasteiger partial charge in [0, 0.05) is 12.8 Å². The molecule has 0 aliphatic carbocycles. The van der Waals surface area contributed by atoms with E-state index in [4.69, 9.17) is 13.8 Å². The minimum Gasteiger partial charge on any atom is -0.480 e. The maximum absolute atomic E-state index is 12.3. The van der Waals surface area contributed by atoms with Gasteiger partial charge in [0.1, 0.15) is 12.7 Å². The minimum absolute atomic E-state index is 0.130. The van der Waals surface area contributed by atoms with Gasteiger partial charge in [0.05, 0.1) is 13.2 Å². The van der Waals surface area contributed by atoms with E-state index in [1.54, 1.807) is 0 Å².